The van der Waals surface area contributed by atoms with Gasteiger partial charge in [-0.25, -0.2) is 9.79 Å². The highest BCUT2D eigenvalue weighted by atomic mass is 79.9. The van der Waals surface area contributed by atoms with Gasteiger partial charge in [0.1, 0.15) is 6.61 Å². The van der Waals surface area contributed by atoms with Gasteiger partial charge in [0.05, 0.1) is 52.5 Å². The highest BCUT2D eigenvalue weighted by Crippen LogP contribution is 2.38. The van der Waals surface area contributed by atoms with Gasteiger partial charge in [-0.3, -0.25) is 19.5 Å². The van der Waals surface area contributed by atoms with Crippen LogP contribution in [0.2, 0.25) is 0 Å². The van der Waals surface area contributed by atoms with E-state index in [4.69, 9.17) is 23.7 Å². The number of carbonyl (C=O) groups is 1. The molecule has 0 saturated carbocycles. The van der Waals surface area contributed by atoms with E-state index in [0.717, 1.165) is 0 Å². The molecule has 0 spiro atoms. The summed E-state index contributed by atoms with van der Waals surface area (Å²) in [5.74, 6) is 1.25. The van der Waals surface area contributed by atoms with Crippen LogP contribution in [-0.4, -0.2) is 42.4 Å². The number of ether oxygens (including phenoxy) is 5. The molecule has 0 unspecified atom stereocenters. The second-order valence-corrected chi connectivity index (χ2v) is 12.1. The van der Waals surface area contributed by atoms with Crippen molar-refractivity contribution in [1.29, 1.82) is 0 Å². The number of rotatable bonds is 13. The first-order valence-electron chi connectivity index (χ1n) is 15.0. The fourth-order valence-electron chi connectivity index (χ4n) is 5.13. The number of halogens is 1. The normalized spacial score (nSPS) is 14.0. The van der Waals surface area contributed by atoms with Crippen LogP contribution in [0, 0.1) is 10.1 Å². The Morgan fingerprint density at radius 2 is 1.73 bits per heavy atom. The van der Waals surface area contributed by atoms with E-state index in [1.165, 1.54) is 41.3 Å². The smallest absolute Gasteiger partial charge is 0.337 e. The van der Waals surface area contributed by atoms with Crippen LogP contribution in [-0.2, 0) is 16.1 Å². The maximum Gasteiger partial charge on any atom is 0.337 e. The molecular weight excluding hydrogens is 706 g/mol. The van der Waals surface area contributed by atoms with E-state index in [9.17, 15) is 19.7 Å². The molecule has 2 heterocycles. The van der Waals surface area contributed by atoms with Crippen LogP contribution in [0.4, 0.5) is 5.69 Å². The van der Waals surface area contributed by atoms with Gasteiger partial charge >= 0.3 is 5.97 Å². The third-order valence-electron chi connectivity index (χ3n) is 7.14. The van der Waals surface area contributed by atoms with E-state index < -0.39 is 16.9 Å². The summed E-state index contributed by atoms with van der Waals surface area (Å²) in [6.45, 7) is 6.80. The molecule has 12 nitrogen and oxygen atoms in total. The highest BCUT2D eigenvalue weighted by molar-refractivity contribution is 9.10. The minimum Gasteiger partial charge on any atom is -0.490 e. The van der Waals surface area contributed by atoms with Crippen molar-refractivity contribution in [3.63, 3.8) is 0 Å². The average molecular weight is 739 g/mol. The standard InChI is InChI=1S/C34H32BrN3O9S/c1-5-44-26-12-11-22(17-27(26)45-6-2)30-24(33(40)43-4)18-36-34-37(30)32(39)29(48-34)16-21-14-25(35)31(28(15-21)46-7-3)47-19-20-9-8-10-23(13-20)38(41)42/h8-18,30H,5-7,19H2,1-4H3/b29-16-/t30-/m0/s1. The molecule has 1 aliphatic heterocycles. The van der Waals surface area contributed by atoms with E-state index in [1.54, 1.807) is 48.5 Å². The fraction of sp³-hybridized carbons (Fsp3) is 0.265. The number of benzene rings is 3. The molecule has 3 aromatic carbocycles. The number of hydrogen-bond donors (Lipinski definition) is 0. The number of nitro groups is 1. The lowest BCUT2D eigenvalue weighted by Gasteiger charge is -2.23. The van der Waals surface area contributed by atoms with Crippen molar-refractivity contribution in [2.75, 3.05) is 26.9 Å². The number of fused-ring (bicyclic) bond motifs is 1. The Hall–Kier alpha value is -4.95. The largest absolute Gasteiger partial charge is 0.490 e. The number of thiazole rings is 1. The van der Waals surface area contributed by atoms with Crippen LogP contribution >= 0.6 is 27.3 Å². The molecule has 0 amide bonds. The quantitative estimate of drug-likeness (QED) is 0.0993. The summed E-state index contributed by atoms with van der Waals surface area (Å²) >= 11 is 4.74. The molecule has 5 rings (SSSR count). The average Bonchev–Trinajstić information content (AvgIpc) is 3.39. The van der Waals surface area contributed by atoms with Crippen LogP contribution < -0.4 is 33.8 Å². The summed E-state index contributed by atoms with van der Waals surface area (Å²) in [5, 5.41) is 11.2. The minimum absolute atomic E-state index is 0.0322. The molecule has 14 heteroatoms. The van der Waals surface area contributed by atoms with E-state index in [2.05, 4.69) is 20.9 Å². The number of aromatic nitrogens is 1. The van der Waals surface area contributed by atoms with Crippen molar-refractivity contribution in [3.8, 4) is 23.0 Å². The minimum atomic E-state index is -0.832. The van der Waals surface area contributed by atoms with Gasteiger partial charge in [0, 0.05) is 18.3 Å². The number of methoxy groups -OCH3 is 1. The van der Waals surface area contributed by atoms with Gasteiger partial charge in [-0.15, -0.1) is 0 Å². The summed E-state index contributed by atoms with van der Waals surface area (Å²) in [6.07, 6.45) is 3.14. The zero-order valence-electron chi connectivity index (χ0n) is 26.6. The van der Waals surface area contributed by atoms with Crippen molar-refractivity contribution in [3.05, 3.63) is 117 Å². The van der Waals surface area contributed by atoms with Crippen molar-refractivity contribution in [2.45, 2.75) is 33.4 Å². The predicted octanol–water partition coefficient (Wildman–Crippen LogP) is 5.46. The fourth-order valence-corrected chi connectivity index (χ4v) is 6.67. The lowest BCUT2D eigenvalue weighted by Crippen LogP contribution is -2.39. The number of esters is 1. The van der Waals surface area contributed by atoms with Crippen molar-refractivity contribution >= 4 is 45.0 Å². The molecule has 4 aromatic rings. The Bertz CT molecular complexity index is 2070. The maximum absolute atomic E-state index is 14.1. The van der Waals surface area contributed by atoms with Crippen LogP contribution in [0.3, 0.4) is 0 Å². The Balaban J connectivity index is 1.55. The number of nitro benzene ring substituents is 1. The predicted molar refractivity (Wildman–Crippen MR) is 183 cm³/mol. The molecule has 1 aromatic heterocycles. The molecule has 0 fully saturated rings. The SMILES string of the molecule is CCOc1ccc([C@H]2C(C(=O)OC)=CN=c3s/c(=C\c4cc(Br)c(OCc5cccc([N+](=O)[O-])c5)c(OCC)c4)c(=O)n32)cc1OCC. The molecule has 0 bridgehead atoms. The van der Waals surface area contributed by atoms with Crippen molar-refractivity contribution < 1.29 is 33.4 Å². The molecule has 250 valence electrons. The number of hydrogen-bond acceptors (Lipinski definition) is 11. The van der Waals surface area contributed by atoms with Crippen molar-refractivity contribution in [1.82, 2.24) is 4.57 Å². The van der Waals surface area contributed by atoms with Gasteiger partial charge < -0.3 is 23.7 Å². The van der Waals surface area contributed by atoms with Gasteiger partial charge in [0.2, 0.25) is 0 Å². The monoisotopic (exact) mass is 737 g/mol. The Labute approximate surface area is 287 Å². The van der Waals surface area contributed by atoms with Gasteiger partial charge in [-0.1, -0.05) is 29.5 Å². The lowest BCUT2D eigenvalue weighted by molar-refractivity contribution is -0.384. The van der Waals surface area contributed by atoms with Crippen LogP contribution in [0.15, 0.2) is 80.6 Å². The summed E-state index contributed by atoms with van der Waals surface area (Å²) < 4.78 is 30.9. The summed E-state index contributed by atoms with van der Waals surface area (Å²) in [4.78, 5) is 42.6. The third kappa shape index (κ3) is 7.29. The van der Waals surface area contributed by atoms with Gasteiger partial charge in [-0.2, -0.15) is 0 Å². The van der Waals surface area contributed by atoms with Crippen molar-refractivity contribution in [2.24, 2.45) is 4.99 Å². The zero-order chi connectivity index (χ0) is 34.4. The molecule has 0 radical (unpaired) electrons. The second-order valence-electron chi connectivity index (χ2n) is 10.2. The topological polar surface area (TPSA) is 141 Å². The lowest BCUT2D eigenvalue weighted by atomic mass is 9.97. The first kappa shape index (κ1) is 34.4. The van der Waals surface area contributed by atoms with Gasteiger partial charge in [0.25, 0.3) is 11.2 Å². The van der Waals surface area contributed by atoms with E-state index in [1.807, 2.05) is 20.8 Å². The van der Waals surface area contributed by atoms with E-state index in [0.29, 0.717) is 73.3 Å². The molecule has 1 aliphatic rings. The first-order valence-corrected chi connectivity index (χ1v) is 16.6. The molecule has 0 aliphatic carbocycles. The summed E-state index contributed by atoms with van der Waals surface area (Å²) in [5.41, 5.74) is 1.68. The third-order valence-corrected chi connectivity index (χ3v) is 8.73. The number of carbonyl (C=O) groups excluding carboxylic acids is 1. The number of nitrogens with zero attached hydrogens (tertiary/aromatic N) is 3. The van der Waals surface area contributed by atoms with Crippen LogP contribution in [0.1, 0.15) is 43.5 Å². The molecular formula is C34H32BrN3O9S. The first-order chi connectivity index (χ1) is 23.2. The molecule has 0 N–H and O–H groups in total. The Morgan fingerprint density at radius 1 is 1.00 bits per heavy atom. The number of non-ortho nitro benzene ring substituents is 1. The zero-order valence-corrected chi connectivity index (χ0v) is 29.0. The van der Waals surface area contributed by atoms with E-state index in [-0.39, 0.29) is 23.4 Å². The Kier molecular flexibility index (Phi) is 11.0. The molecule has 0 saturated heterocycles. The van der Waals surface area contributed by atoms with Crippen LogP contribution in [0.5, 0.6) is 23.0 Å². The molecule has 48 heavy (non-hydrogen) atoms. The van der Waals surface area contributed by atoms with Gasteiger partial charge in [-0.05, 0) is 83.7 Å². The Morgan fingerprint density at radius 3 is 2.44 bits per heavy atom. The molecule has 1 atom stereocenters. The highest BCUT2D eigenvalue weighted by Gasteiger charge is 2.31. The second kappa shape index (κ2) is 15.3. The maximum atomic E-state index is 14.1. The van der Waals surface area contributed by atoms with E-state index >= 15 is 0 Å². The summed E-state index contributed by atoms with van der Waals surface area (Å²) in [6, 6.07) is 14.2. The van der Waals surface area contributed by atoms with Crippen LogP contribution in [0.25, 0.3) is 6.08 Å². The summed E-state index contributed by atoms with van der Waals surface area (Å²) in [7, 11) is 1.28. The van der Waals surface area contributed by atoms with Gasteiger partial charge in [0.15, 0.2) is 27.8 Å².